The third kappa shape index (κ3) is 2.46. The topological polar surface area (TPSA) is 64.4 Å². The molecule has 5 nitrogen and oxygen atoms in total. The molecule has 0 bridgehead atoms. The zero-order chi connectivity index (χ0) is 14.0. The number of carboxylic acids is 1. The normalized spacial score (nSPS) is 12.8. The average Bonchev–Trinajstić information content (AvgIpc) is 2.71. The van der Waals surface area contributed by atoms with E-state index in [1.165, 1.54) is 0 Å². The minimum absolute atomic E-state index is 0.166. The van der Waals surface area contributed by atoms with Crippen LogP contribution >= 0.6 is 0 Å². The van der Waals surface area contributed by atoms with Gasteiger partial charge in [0, 0.05) is 7.11 Å². The lowest BCUT2D eigenvalue weighted by Crippen LogP contribution is -2.15. The Balaban J connectivity index is 2.60. The molecule has 0 fully saturated rings. The van der Waals surface area contributed by atoms with E-state index in [-0.39, 0.29) is 11.6 Å². The Labute approximate surface area is 111 Å². The van der Waals surface area contributed by atoms with E-state index in [9.17, 15) is 4.79 Å². The summed E-state index contributed by atoms with van der Waals surface area (Å²) in [7, 11) is 1.67. The third-order valence-electron chi connectivity index (χ3n) is 3.31. The highest BCUT2D eigenvalue weighted by Gasteiger charge is 2.17. The van der Waals surface area contributed by atoms with Crippen molar-refractivity contribution in [1.82, 2.24) is 9.55 Å². The highest BCUT2D eigenvalue weighted by molar-refractivity contribution is 5.92. The Kier molecular flexibility index (Phi) is 3.85. The van der Waals surface area contributed by atoms with Crippen LogP contribution in [0.25, 0.3) is 11.0 Å². The molecule has 0 saturated carbocycles. The Hall–Kier alpha value is -1.88. The number of benzene rings is 1. The number of aromatic nitrogens is 2. The number of aromatic carboxylic acids is 1. The molecular formula is C14H18N2O3. The van der Waals surface area contributed by atoms with E-state index in [1.807, 2.05) is 6.92 Å². The molecule has 1 aromatic carbocycles. The number of carbonyl (C=O) groups is 1. The molecule has 0 amide bonds. The SMILES string of the molecule is CCC(COC)n1c(C)nc2ccc(C(=O)O)cc21. The highest BCUT2D eigenvalue weighted by atomic mass is 16.5. The Morgan fingerprint density at radius 1 is 1.53 bits per heavy atom. The molecule has 1 heterocycles. The largest absolute Gasteiger partial charge is 0.478 e. The van der Waals surface area contributed by atoms with Crippen molar-refractivity contribution >= 4 is 17.0 Å². The maximum Gasteiger partial charge on any atom is 0.335 e. The van der Waals surface area contributed by atoms with Gasteiger partial charge in [-0.3, -0.25) is 0 Å². The summed E-state index contributed by atoms with van der Waals surface area (Å²) in [5, 5.41) is 9.09. The van der Waals surface area contributed by atoms with Crippen molar-refractivity contribution in [2.45, 2.75) is 26.3 Å². The van der Waals surface area contributed by atoms with E-state index in [1.54, 1.807) is 25.3 Å². The number of fused-ring (bicyclic) bond motifs is 1. The van der Waals surface area contributed by atoms with Crippen LogP contribution in [0.5, 0.6) is 0 Å². The van der Waals surface area contributed by atoms with Crippen molar-refractivity contribution < 1.29 is 14.6 Å². The predicted octanol–water partition coefficient (Wildman–Crippen LogP) is 2.64. The summed E-state index contributed by atoms with van der Waals surface area (Å²) in [4.78, 5) is 15.6. The van der Waals surface area contributed by atoms with E-state index in [4.69, 9.17) is 9.84 Å². The van der Waals surface area contributed by atoms with Crippen LogP contribution in [-0.2, 0) is 4.74 Å². The van der Waals surface area contributed by atoms with Gasteiger partial charge < -0.3 is 14.4 Å². The van der Waals surface area contributed by atoms with Crippen molar-refractivity contribution in [2.24, 2.45) is 0 Å². The van der Waals surface area contributed by atoms with Crippen molar-refractivity contribution in [2.75, 3.05) is 13.7 Å². The first-order valence-corrected chi connectivity index (χ1v) is 6.29. The van der Waals surface area contributed by atoms with Gasteiger partial charge in [-0.15, -0.1) is 0 Å². The fourth-order valence-corrected chi connectivity index (χ4v) is 2.37. The molecule has 2 aromatic rings. The van der Waals surface area contributed by atoms with E-state index in [0.29, 0.717) is 6.61 Å². The van der Waals surface area contributed by atoms with Crippen LogP contribution in [0.2, 0.25) is 0 Å². The summed E-state index contributed by atoms with van der Waals surface area (Å²) in [6, 6.07) is 5.18. The van der Waals surface area contributed by atoms with Crippen molar-refractivity contribution in [3.05, 3.63) is 29.6 Å². The number of nitrogens with zero attached hydrogens (tertiary/aromatic N) is 2. The number of methoxy groups -OCH3 is 1. The second kappa shape index (κ2) is 5.40. The first-order chi connectivity index (χ1) is 9.08. The van der Waals surface area contributed by atoms with E-state index in [2.05, 4.69) is 16.5 Å². The molecule has 0 aliphatic heterocycles. The van der Waals surface area contributed by atoms with E-state index in [0.717, 1.165) is 23.3 Å². The number of ether oxygens (including phenoxy) is 1. The van der Waals surface area contributed by atoms with Crippen LogP contribution in [0.1, 0.15) is 35.6 Å². The molecule has 0 aliphatic rings. The van der Waals surface area contributed by atoms with Crippen molar-refractivity contribution in [1.29, 1.82) is 0 Å². The van der Waals surface area contributed by atoms with Gasteiger partial charge in [-0.1, -0.05) is 6.92 Å². The molecule has 0 saturated heterocycles. The predicted molar refractivity (Wildman–Crippen MR) is 72.6 cm³/mol. The number of rotatable bonds is 5. The van der Waals surface area contributed by atoms with Crippen LogP contribution in [0.4, 0.5) is 0 Å². The maximum atomic E-state index is 11.1. The lowest BCUT2D eigenvalue weighted by atomic mass is 10.1. The van der Waals surface area contributed by atoms with Crippen LogP contribution in [0, 0.1) is 6.92 Å². The number of hydrogen-bond acceptors (Lipinski definition) is 3. The van der Waals surface area contributed by atoms with E-state index < -0.39 is 5.97 Å². The molecule has 5 heteroatoms. The first kappa shape index (κ1) is 13.5. The zero-order valence-electron chi connectivity index (χ0n) is 11.4. The molecule has 19 heavy (non-hydrogen) atoms. The van der Waals surface area contributed by atoms with Crippen molar-refractivity contribution in [3.63, 3.8) is 0 Å². The number of hydrogen-bond donors (Lipinski definition) is 1. The molecule has 1 N–H and O–H groups in total. The summed E-state index contributed by atoms with van der Waals surface area (Å²) < 4.78 is 7.30. The lowest BCUT2D eigenvalue weighted by molar-refractivity contribution is 0.0697. The quantitative estimate of drug-likeness (QED) is 0.899. The summed E-state index contributed by atoms with van der Waals surface area (Å²) >= 11 is 0. The monoisotopic (exact) mass is 262 g/mol. The van der Waals surface area contributed by atoms with Gasteiger partial charge in [0.1, 0.15) is 5.82 Å². The average molecular weight is 262 g/mol. The number of aryl methyl sites for hydroxylation is 1. The molecule has 0 radical (unpaired) electrons. The van der Waals surface area contributed by atoms with E-state index >= 15 is 0 Å². The number of carboxylic acid groups (broad SMARTS) is 1. The summed E-state index contributed by atoms with van der Waals surface area (Å²) in [6.07, 6.45) is 0.900. The fraction of sp³-hybridized carbons (Fsp3) is 0.429. The summed E-state index contributed by atoms with van der Waals surface area (Å²) in [5.74, 6) is -0.0477. The Bertz CT molecular complexity index is 604. The smallest absolute Gasteiger partial charge is 0.335 e. The summed E-state index contributed by atoms with van der Waals surface area (Å²) in [6.45, 7) is 4.59. The van der Waals surface area contributed by atoms with Crippen LogP contribution in [0.15, 0.2) is 18.2 Å². The summed E-state index contributed by atoms with van der Waals surface area (Å²) in [5.41, 5.74) is 1.94. The highest BCUT2D eigenvalue weighted by Crippen LogP contribution is 2.24. The minimum Gasteiger partial charge on any atom is -0.478 e. The fourth-order valence-electron chi connectivity index (χ4n) is 2.37. The first-order valence-electron chi connectivity index (χ1n) is 6.29. The van der Waals surface area contributed by atoms with Crippen LogP contribution in [-0.4, -0.2) is 34.3 Å². The number of imidazole rings is 1. The standard InChI is InChI=1S/C14H18N2O3/c1-4-11(8-19-3)16-9(2)15-12-6-5-10(14(17)18)7-13(12)16/h5-7,11H,4,8H2,1-3H3,(H,17,18). The molecule has 2 rings (SSSR count). The maximum absolute atomic E-state index is 11.1. The van der Waals surface area contributed by atoms with Crippen LogP contribution in [0.3, 0.4) is 0 Å². The molecule has 0 spiro atoms. The second-order valence-electron chi connectivity index (χ2n) is 4.56. The Morgan fingerprint density at radius 3 is 2.84 bits per heavy atom. The molecule has 1 aromatic heterocycles. The van der Waals surface area contributed by atoms with Gasteiger partial charge in [0.15, 0.2) is 0 Å². The van der Waals surface area contributed by atoms with Gasteiger partial charge in [-0.2, -0.15) is 0 Å². The molecule has 1 unspecified atom stereocenters. The molecular weight excluding hydrogens is 244 g/mol. The lowest BCUT2D eigenvalue weighted by Gasteiger charge is -2.18. The van der Waals surface area contributed by atoms with Gasteiger partial charge in [0.05, 0.1) is 29.2 Å². The van der Waals surface area contributed by atoms with Gasteiger partial charge in [0.2, 0.25) is 0 Å². The van der Waals surface area contributed by atoms with Gasteiger partial charge in [-0.05, 0) is 31.5 Å². The van der Waals surface area contributed by atoms with Crippen molar-refractivity contribution in [3.8, 4) is 0 Å². The molecule has 0 aliphatic carbocycles. The third-order valence-corrected chi connectivity index (χ3v) is 3.31. The van der Waals surface area contributed by atoms with Gasteiger partial charge in [0.25, 0.3) is 0 Å². The van der Waals surface area contributed by atoms with Gasteiger partial charge in [-0.25, -0.2) is 9.78 Å². The molecule has 102 valence electrons. The zero-order valence-corrected chi connectivity index (χ0v) is 11.4. The van der Waals surface area contributed by atoms with Crippen LogP contribution < -0.4 is 0 Å². The van der Waals surface area contributed by atoms with Gasteiger partial charge >= 0.3 is 5.97 Å². The minimum atomic E-state index is -0.924. The molecule has 1 atom stereocenters. The second-order valence-corrected chi connectivity index (χ2v) is 4.56. The Morgan fingerprint density at radius 2 is 2.26 bits per heavy atom.